The maximum absolute atomic E-state index is 11.3. The van der Waals surface area contributed by atoms with E-state index >= 15 is 0 Å². The van der Waals surface area contributed by atoms with Crippen molar-refractivity contribution in [2.24, 2.45) is 4.99 Å². The molecule has 1 aromatic carbocycles. The second-order valence-corrected chi connectivity index (χ2v) is 6.74. The topological polar surface area (TPSA) is 87.6 Å². The number of thiazole rings is 1. The van der Waals surface area contributed by atoms with Crippen LogP contribution >= 0.6 is 11.3 Å². The van der Waals surface area contributed by atoms with Gasteiger partial charge in [0, 0.05) is 38.9 Å². The first-order valence-corrected chi connectivity index (χ1v) is 9.19. The third kappa shape index (κ3) is 6.03. The molecular weight excluding hydrogens is 350 g/mol. The number of guanidine groups is 1. The number of anilines is 1. The zero-order chi connectivity index (χ0) is 18.9. The van der Waals surface area contributed by atoms with Gasteiger partial charge in [-0.2, -0.15) is 0 Å². The van der Waals surface area contributed by atoms with E-state index in [4.69, 9.17) is 4.74 Å². The van der Waals surface area contributed by atoms with Gasteiger partial charge in [0.1, 0.15) is 5.75 Å². The Balaban J connectivity index is 1.88. The fourth-order valence-electron chi connectivity index (χ4n) is 2.39. The molecule has 0 unspecified atom stereocenters. The second-order valence-electron chi connectivity index (χ2n) is 5.68. The molecule has 0 aliphatic carbocycles. The van der Waals surface area contributed by atoms with Gasteiger partial charge in [0.2, 0.25) is 5.91 Å². The van der Waals surface area contributed by atoms with Gasteiger partial charge in [0.15, 0.2) is 5.96 Å². The molecule has 2 rings (SSSR count). The number of hydrogen-bond acceptors (Lipinski definition) is 5. The third-order valence-corrected chi connectivity index (χ3v) is 4.42. The number of nitrogens with one attached hydrogen (secondary N) is 3. The lowest BCUT2D eigenvalue weighted by molar-refractivity contribution is -0.114. The molecule has 0 spiro atoms. The minimum atomic E-state index is -0.136. The number of nitrogens with zero attached hydrogens (tertiary/aromatic N) is 2. The minimum absolute atomic E-state index is 0.136. The van der Waals surface area contributed by atoms with Crippen LogP contribution in [0.1, 0.15) is 23.2 Å². The quantitative estimate of drug-likeness (QED) is 0.511. The Kier molecular flexibility index (Phi) is 7.40. The SMILES string of the molecule is CN=C(NCCc1csc(C)n1)NCc1ccc(OC)c(NC(C)=O)c1. The van der Waals surface area contributed by atoms with Crippen molar-refractivity contribution < 1.29 is 9.53 Å². The zero-order valence-electron chi connectivity index (χ0n) is 15.5. The molecule has 0 fully saturated rings. The molecule has 0 radical (unpaired) electrons. The Labute approximate surface area is 157 Å². The van der Waals surface area contributed by atoms with Crippen molar-refractivity contribution in [1.82, 2.24) is 15.6 Å². The molecule has 26 heavy (non-hydrogen) atoms. The molecule has 0 aliphatic rings. The highest BCUT2D eigenvalue weighted by atomic mass is 32.1. The summed E-state index contributed by atoms with van der Waals surface area (Å²) < 4.78 is 5.27. The summed E-state index contributed by atoms with van der Waals surface area (Å²) in [6.45, 7) is 4.81. The molecule has 0 saturated heterocycles. The van der Waals surface area contributed by atoms with E-state index in [1.54, 1.807) is 25.5 Å². The highest BCUT2D eigenvalue weighted by Crippen LogP contribution is 2.25. The van der Waals surface area contributed by atoms with E-state index in [0.29, 0.717) is 23.9 Å². The van der Waals surface area contributed by atoms with E-state index in [1.165, 1.54) is 6.92 Å². The maximum atomic E-state index is 11.3. The van der Waals surface area contributed by atoms with Gasteiger partial charge in [-0.15, -0.1) is 11.3 Å². The van der Waals surface area contributed by atoms with Crippen LogP contribution in [0.3, 0.4) is 0 Å². The fourth-order valence-corrected chi connectivity index (χ4v) is 3.04. The first-order valence-electron chi connectivity index (χ1n) is 8.32. The van der Waals surface area contributed by atoms with Crippen molar-refractivity contribution in [1.29, 1.82) is 0 Å². The Hall–Kier alpha value is -2.61. The number of rotatable bonds is 7. The van der Waals surface area contributed by atoms with Crippen LogP contribution in [0.5, 0.6) is 5.75 Å². The van der Waals surface area contributed by atoms with Gasteiger partial charge in [-0.3, -0.25) is 9.79 Å². The van der Waals surface area contributed by atoms with Gasteiger partial charge in [0.05, 0.1) is 23.5 Å². The average Bonchev–Trinajstić information content (AvgIpc) is 3.03. The Bertz CT molecular complexity index is 773. The van der Waals surface area contributed by atoms with Gasteiger partial charge >= 0.3 is 0 Å². The number of aryl methyl sites for hydroxylation is 1. The summed E-state index contributed by atoms with van der Waals surface area (Å²) in [5.74, 6) is 1.21. The van der Waals surface area contributed by atoms with E-state index in [9.17, 15) is 4.79 Å². The fraction of sp³-hybridized carbons (Fsp3) is 0.389. The van der Waals surface area contributed by atoms with Gasteiger partial charge in [-0.05, 0) is 24.6 Å². The molecule has 1 heterocycles. The predicted octanol–water partition coefficient (Wildman–Crippen LogP) is 2.33. The van der Waals surface area contributed by atoms with E-state index in [2.05, 4.69) is 31.3 Å². The molecule has 0 saturated carbocycles. The number of aromatic nitrogens is 1. The average molecular weight is 375 g/mol. The number of hydrogen-bond donors (Lipinski definition) is 3. The molecule has 0 bridgehead atoms. The molecule has 7 nitrogen and oxygen atoms in total. The highest BCUT2D eigenvalue weighted by Gasteiger charge is 2.07. The molecule has 1 amide bonds. The normalized spacial score (nSPS) is 11.2. The number of carbonyl (C=O) groups excluding carboxylic acids is 1. The summed E-state index contributed by atoms with van der Waals surface area (Å²) in [7, 11) is 3.31. The minimum Gasteiger partial charge on any atom is -0.495 e. The molecule has 0 aliphatic heterocycles. The Morgan fingerprint density at radius 3 is 2.77 bits per heavy atom. The number of benzene rings is 1. The summed E-state index contributed by atoms with van der Waals surface area (Å²) in [6, 6.07) is 5.67. The number of aliphatic imine (C=N–C) groups is 1. The van der Waals surface area contributed by atoms with Crippen LogP contribution < -0.4 is 20.7 Å². The van der Waals surface area contributed by atoms with Gasteiger partial charge in [-0.1, -0.05) is 6.07 Å². The first kappa shape index (κ1) is 19.7. The van der Waals surface area contributed by atoms with Crippen molar-refractivity contribution in [3.05, 3.63) is 39.8 Å². The molecule has 1 aromatic heterocycles. The summed E-state index contributed by atoms with van der Waals surface area (Å²) in [4.78, 5) is 20.0. The van der Waals surface area contributed by atoms with Crippen molar-refractivity contribution in [3.8, 4) is 5.75 Å². The lowest BCUT2D eigenvalue weighted by Gasteiger charge is -2.14. The van der Waals surface area contributed by atoms with Crippen LogP contribution in [-0.4, -0.2) is 37.6 Å². The first-order chi connectivity index (χ1) is 12.5. The molecule has 0 atom stereocenters. The highest BCUT2D eigenvalue weighted by molar-refractivity contribution is 7.09. The van der Waals surface area contributed by atoms with Crippen molar-refractivity contribution in [2.45, 2.75) is 26.8 Å². The molecule has 140 valence electrons. The monoisotopic (exact) mass is 375 g/mol. The summed E-state index contributed by atoms with van der Waals surface area (Å²) in [6.07, 6.45) is 0.847. The molecule has 2 aromatic rings. The van der Waals surface area contributed by atoms with Crippen LogP contribution in [-0.2, 0) is 17.8 Å². The standard InChI is InChI=1S/C18H25N5O2S/c1-12(24)22-16-9-14(5-6-17(16)25-4)10-21-18(19-3)20-8-7-15-11-26-13(2)23-15/h5-6,9,11H,7-8,10H2,1-4H3,(H,22,24)(H2,19,20,21). The van der Waals surface area contributed by atoms with Crippen molar-refractivity contribution in [3.63, 3.8) is 0 Å². The van der Waals surface area contributed by atoms with E-state index in [0.717, 1.165) is 29.2 Å². The number of ether oxygens (including phenoxy) is 1. The summed E-state index contributed by atoms with van der Waals surface area (Å²) in [5, 5.41) is 12.5. The van der Waals surface area contributed by atoms with E-state index < -0.39 is 0 Å². The van der Waals surface area contributed by atoms with Gasteiger partial charge < -0.3 is 20.7 Å². The summed E-state index contributed by atoms with van der Waals surface area (Å²) >= 11 is 1.66. The number of amides is 1. The van der Waals surface area contributed by atoms with Crippen molar-refractivity contribution >= 4 is 28.9 Å². The number of methoxy groups -OCH3 is 1. The second kappa shape index (κ2) is 9.76. The smallest absolute Gasteiger partial charge is 0.221 e. The largest absolute Gasteiger partial charge is 0.495 e. The van der Waals surface area contributed by atoms with Crippen LogP contribution in [0.15, 0.2) is 28.6 Å². The van der Waals surface area contributed by atoms with E-state index in [1.807, 2.05) is 25.1 Å². The lowest BCUT2D eigenvalue weighted by atomic mass is 10.2. The third-order valence-electron chi connectivity index (χ3n) is 3.60. The van der Waals surface area contributed by atoms with Crippen LogP contribution in [0.25, 0.3) is 0 Å². The van der Waals surface area contributed by atoms with Crippen LogP contribution in [0.4, 0.5) is 5.69 Å². The number of carbonyl (C=O) groups is 1. The lowest BCUT2D eigenvalue weighted by Crippen LogP contribution is -2.37. The van der Waals surface area contributed by atoms with Gasteiger partial charge in [0.25, 0.3) is 0 Å². The summed E-state index contributed by atoms with van der Waals surface area (Å²) in [5.41, 5.74) is 2.75. The zero-order valence-corrected chi connectivity index (χ0v) is 16.4. The Morgan fingerprint density at radius 2 is 2.15 bits per heavy atom. The molecular formula is C18H25N5O2S. The van der Waals surface area contributed by atoms with Gasteiger partial charge in [-0.25, -0.2) is 4.98 Å². The van der Waals surface area contributed by atoms with E-state index in [-0.39, 0.29) is 5.91 Å². The maximum Gasteiger partial charge on any atom is 0.221 e. The van der Waals surface area contributed by atoms with Crippen LogP contribution in [0.2, 0.25) is 0 Å². The molecule has 3 N–H and O–H groups in total. The van der Waals surface area contributed by atoms with Crippen LogP contribution in [0, 0.1) is 6.92 Å². The predicted molar refractivity (Wildman–Crippen MR) is 106 cm³/mol. The molecule has 8 heteroatoms. The van der Waals surface area contributed by atoms with Crippen molar-refractivity contribution in [2.75, 3.05) is 26.0 Å². The Morgan fingerprint density at radius 1 is 1.35 bits per heavy atom.